The highest BCUT2D eigenvalue weighted by atomic mass is 16.6. The van der Waals surface area contributed by atoms with Gasteiger partial charge in [-0.3, -0.25) is 0 Å². The summed E-state index contributed by atoms with van der Waals surface area (Å²) >= 11 is 0. The molecule has 0 rings (SSSR count). The molecule has 1 unspecified atom stereocenters. The van der Waals surface area contributed by atoms with Crippen molar-refractivity contribution in [1.29, 1.82) is 0 Å². The van der Waals surface area contributed by atoms with E-state index in [4.69, 9.17) is 9.47 Å². The van der Waals surface area contributed by atoms with Crippen LogP contribution in [0.25, 0.3) is 0 Å². The Morgan fingerprint density at radius 2 is 2.09 bits per heavy atom. The number of hydrogen-bond donors (Lipinski definition) is 0. The number of carbonyl (C=O) groups excluding carboxylic acids is 1. The number of carbonyl (C=O) groups is 1. The minimum absolute atomic E-state index is 0.277. The van der Waals surface area contributed by atoms with Gasteiger partial charge < -0.3 is 9.47 Å². The standard InChI is InChI=1S/C8H16O3/c1-4-6-11-7(3)8(9)10-5-2/h7H,4-6H2,1-3H3. The van der Waals surface area contributed by atoms with E-state index in [0.717, 1.165) is 6.42 Å². The van der Waals surface area contributed by atoms with Gasteiger partial charge in [-0.1, -0.05) is 6.92 Å². The quantitative estimate of drug-likeness (QED) is 0.570. The van der Waals surface area contributed by atoms with E-state index in [1.54, 1.807) is 13.8 Å². The first-order valence-corrected chi connectivity index (χ1v) is 4.00. The minimum Gasteiger partial charge on any atom is -0.464 e. The average Bonchev–Trinajstić information content (AvgIpc) is 2.00. The van der Waals surface area contributed by atoms with Crippen LogP contribution in [0.4, 0.5) is 0 Å². The van der Waals surface area contributed by atoms with Gasteiger partial charge in [-0.2, -0.15) is 0 Å². The summed E-state index contributed by atoms with van der Waals surface area (Å²) in [6, 6.07) is 0. The summed E-state index contributed by atoms with van der Waals surface area (Å²) in [5, 5.41) is 0. The van der Waals surface area contributed by atoms with Gasteiger partial charge >= 0.3 is 5.97 Å². The van der Waals surface area contributed by atoms with Gasteiger partial charge in [0.2, 0.25) is 0 Å². The first kappa shape index (κ1) is 10.4. The molecule has 0 amide bonds. The number of ether oxygens (including phenoxy) is 2. The van der Waals surface area contributed by atoms with E-state index in [-0.39, 0.29) is 5.97 Å². The van der Waals surface area contributed by atoms with Gasteiger partial charge in [0.05, 0.1) is 6.61 Å². The largest absolute Gasteiger partial charge is 0.464 e. The van der Waals surface area contributed by atoms with Crippen LogP contribution in [-0.4, -0.2) is 25.3 Å². The van der Waals surface area contributed by atoms with E-state index >= 15 is 0 Å². The molecule has 0 saturated carbocycles. The summed E-state index contributed by atoms with van der Waals surface area (Å²) < 4.78 is 9.87. The molecule has 0 fully saturated rings. The van der Waals surface area contributed by atoms with Gasteiger partial charge in [0, 0.05) is 6.61 Å². The van der Waals surface area contributed by atoms with Crippen molar-refractivity contribution in [2.24, 2.45) is 0 Å². The normalized spacial score (nSPS) is 12.6. The van der Waals surface area contributed by atoms with Gasteiger partial charge in [-0.25, -0.2) is 4.79 Å². The molecule has 0 aromatic carbocycles. The Morgan fingerprint density at radius 1 is 1.45 bits per heavy atom. The van der Waals surface area contributed by atoms with Crippen molar-refractivity contribution in [2.75, 3.05) is 13.2 Å². The van der Waals surface area contributed by atoms with Gasteiger partial charge in [0.1, 0.15) is 0 Å². The Balaban J connectivity index is 3.46. The maximum atomic E-state index is 10.9. The monoisotopic (exact) mass is 160 g/mol. The average molecular weight is 160 g/mol. The minimum atomic E-state index is -0.421. The van der Waals surface area contributed by atoms with E-state index in [2.05, 4.69) is 0 Å². The van der Waals surface area contributed by atoms with Crippen LogP contribution in [0.1, 0.15) is 27.2 Å². The fourth-order valence-electron chi connectivity index (χ4n) is 0.622. The van der Waals surface area contributed by atoms with Crippen molar-refractivity contribution < 1.29 is 14.3 Å². The molecule has 1 atom stereocenters. The van der Waals surface area contributed by atoms with Crippen LogP contribution >= 0.6 is 0 Å². The lowest BCUT2D eigenvalue weighted by atomic mass is 10.4. The molecule has 66 valence electrons. The summed E-state index contributed by atoms with van der Waals surface area (Å²) in [7, 11) is 0. The molecule has 3 nitrogen and oxygen atoms in total. The van der Waals surface area contributed by atoms with Crippen LogP contribution in [0.2, 0.25) is 0 Å². The van der Waals surface area contributed by atoms with Crippen molar-refractivity contribution in [3.05, 3.63) is 0 Å². The van der Waals surface area contributed by atoms with Gasteiger partial charge in [0.25, 0.3) is 0 Å². The second-order valence-corrected chi connectivity index (χ2v) is 2.27. The molecule has 0 bridgehead atoms. The molecule has 3 heteroatoms. The number of hydrogen-bond acceptors (Lipinski definition) is 3. The zero-order valence-electron chi connectivity index (χ0n) is 7.42. The lowest BCUT2D eigenvalue weighted by Gasteiger charge is -2.10. The lowest BCUT2D eigenvalue weighted by Crippen LogP contribution is -2.23. The lowest BCUT2D eigenvalue weighted by molar-refractivity contribution is -0.155. The molecule has 0 N–H and O–H groups in total. The Morgan fingerprint density at radius 3 is 2.55 bits per heavy atom. The summed E-state index contributed by atoms with van der Waals surface area (Å²) in [6.45, 7) is 6.51. The second-order valence-electron chi connectivity index (χ2n) is 2.27. The molecule has 0 saturated heterocycles. The molecular formula is C8H16O3. The van der Waals surface area contributed by atoms with E-state index in [0.29, 0.717) is 13.2 Å². The van der Waals surface area contributed by atoms with Gasteiger partial charge in [-0.15, -0.1) is 0 Å². The summed E-state index contributed by atoms with van der Waals surface area (Å²) in [6.07, 6.45) is 0.499. The van der Waals surface area contributed by atoms with Gasteiger partial charge in [-0.05, 0) is 20.3 Å². The molecule has 0 spiro atoms. The van der Waals surface area contributed by atoms with Gasteiger partial charge in [0.15, 0.2) is 6.10 Å². The molecule has 0 aliphatic carbocycles. The first-order chi connectivity index (χ1) is 5.22. The molecule has 0 heterocycles. The highest BCUT2D eigenvalue weighted by molar-refractivity contribution is 5.74. The predicted molar refractivity (Wildman–Crippen MR) is 42.3 cm³/mol. The van der Waals surface area contributed by atoms with E-state index in [1.165, 1.54) is 0 Å². The number of rotatable bonds is 5. The van der Waals surface area contributed by atoms with Crippen molar-refractivity contribution in [3.8, 4) is 0 Å². The topological polar surface area (TPSA) is 35.5 Å². The number of esters is 1. The Hall–Kier alpha value is -0.570. The predicted octanol–water partition coefficient (Wildman–Crippen LogP) is 1.36. The third kappa shape index (κ3) is 4.79. The summed E-state index contributed by atoms with van der Waals surface area (Å²) in [5.74, 6) is -0.277. The smallest absolute Gasteiger partial charge is 0.334 e. The van der Waals surface area contributed by atoms with Crippen LogP contribution < -0.4 is 0 Å². The SMILES string of the molecule is CCCOC(C)C(=O)OCC. The Kier molecular flexibility index (Phi) is 5.84. The second kappa shape index (κ2) is 6.16. The fourth-order valence-corrected chi connectivity index (χ4v) is 0.622. The van der Waals surface area contributed by atoms with Crippen LogP contribution in [0, 0.1) is 0 Å². The van der Waals surface area contributed by atoms with E-state index in [9.17, 15) is 4.79 Å². The first-order valence-electron chi connectivity index (χ1n) is 4.00. The van der Waals surface area contributed by atoms with Crippen LogP contribution in [0.15, 0.2) is 0 Å². The highest BCUT2D eigenvalue weighted by Crippen LogP contribution is 1.95. The van der Waals surface area contributed by atoms with Crippen molar-refractivity contribution >= 4 is 5.97 Å². The van der Waals surface area contributed by atoms with Crippen molar-refractivity contribution in [2.45, 2.75) is 33.3 Å². The fraction of sp³-hybridized carbons (Fsp3) is 0.875. The van der Waals surface area contributed by atoms with E-state index in [1.807, 2.05) is 6.92 Å². The Labute approximate surface area is 67.7 Å². The van der Waals surface area contributed by atoms with Crippen LogP contribution in [0.5, 0.6) is 0 Å². The molecule has 0 aromatic rings. The molecular weight excluding hydrogens is 144 g/mol. The van der Waals surface area contributed by atoms with E-state index < -0.39 is 6.10 Å². The maximum Gasteiger partial charge on any atom is 0.334 e. The molecule has 0 aliphatic rings. The third-order valence-electron chi connectivity index (χ3n) is 1.19. The maximum absolute atomic E-state index is 10.9. The molecule has 11 heavy (non-hydrogen) atoms. The summed E-state index contributed by atoms with van der Waals surface area (Å²) in [4.78, 5) is 10.9. The van der Waals surface area contributed by atoms with Crippen LogP contribution in [0.3, 0.4) is 0 Å². The molecule has 0 radical (unpaired) electrons. The van der Waals surface area contributed by atoms with Crippen molar-refractivity contribution in [3.63, 3.8) is 0 Å². The highest BCUT2D eigenvalue weighted by Gasteiger charge is 2.12. The summed E-state index contributed by atoms with van der Waals surface area (Å²) in [5.41, 5.74) is 0. The molecule has 0 aromatic heterocycles. The zero-order valence-corrected chi connectivity index (χ0v) is 7.42. The Bertz CT molecular complexity index is 112. The molecule has 0 aliphatic heterocycles. The van der Waals surface area contributed by atoms with Crippen LogP contribution in [-0.2, 0) is 14.3 Å². The third-order valence-corrected chi connectivity index (χ3v) is 1.19. The zero-order chi connectivity index (χ0) is 8.69. The van der Waals surface area contributed by atoms with Crippen molar-refractivity contribution in [1.82, 2.24) is 0 Å².